The second-order valence-corrected chi connectivity index (χ2v) is 8.86. The van der Waals surface area contributed by atoms with Crippen molar-refractivity contribution < 1.29 is 19.0 Å². The van der Waals surface area contributed by atoms with E-state index < -0.39 is 5.91 Å². The van der Waals surface area contributed by atoms with Crippen LogP contribution in [-0.2, 0) is 4.74 Å². The van der Waals surface area contributed by atoms with Gasteiger partial charge in [-0.05, 0) is 37.3 Å². The topological polar surface area (TPSA) is 127 Å². The number of benzene rings is 2. The van der Waals surface area contributed by atoms with Crippen molar-refractivity contribution in [3.8, 4) is 11.5 Å². The number of hydrogen-bond donors (Lipinski definition) is 4. The Labute approximate surface area is 214 Å². The lowest BCUT2D eigenvalue weighted by Gasteiger charge is -2.35. The van der Waals surface area contributed by atoms with Gasteiger partial charge in [-0.3, -0.25) is 9.78 Å². The van der Waals surface area contributed by atoms with Gasteiger partial charge in [-0.15, -0.1) is 0 Å². The van der Waals surface area contributed by atoms with Crippen LogP contribution in [0.4, 0.5) is 28.6 Å². The molecule has 0 spiro atoms. The third-order valence-corrected chi connectivity index (χ3v) is 6.46. The van der Waals surface area contributed by atoms with Gasteiger partial charge in [0.25, 0.3) is 5.91 Å². The van der Waals surface area contributed by atoms with E-state index in [9.17, 15) is 4.79 Å². The number of ether oxygens (including phenoxy) is 3. The summed E-state index contributed by atoms with van der Waals surface area (Å²) >= 11 is 0. The highest BCUT2D eigenvalue weighted by molar-refractivity contribution is 6.02. The van der Waals surface area contributed by atoms with Gasteiger partial charge in [0.05, 0.1) is 68.0 Å². The highest BCUT2D eigenvalue weighted by Gasteiger charge is 2.20. The van der Waals surface area contributed by atoms with Crippen LogP contribution in [0.2, 0.25) is 0 Å². The van der Waals surface area contributed by atoms with E-state index in [1.165, 1.54) is 0 Å². The van der Waals surface area contributed by atoms with Crippen LogP contribution in [-0.4, -0.2) is 55.9 Å². The van der Waals surface area contributed by atoms with Crippen molar-refractivity contribution in [2.75, 3.05) is 49.5 Å². The van der Waals surface area contributed by atoms with Crippen molar-refractivity contribution in [1.29, 1.82) is 0 Å². The molecule has 2 aromatic heterocycles. The van der Waals surface area contributed by atoms with Gasteiger partial charge in [-0.25, -0.2) is 0 Å². The highest BCUT2D eigenvalue weighted by atomic mass is 16.5. The lowest BCUT2D eigenvalue weighted by molar-refractivity contribution is 0.0989. The molecule has 0 unspecified atom stereocenters. The molecule has 3 heterocycles. The van der Waals surface area contributed by atoms with E-state index in [4.69, 9.17) is 19.9 Å². The number of carbonyl (C=O) groups is 1. The van der Waals surface area contributed by atoms with Gasteiger partial charge < -0.3 is 40.5 Å². The molecule has 0 bridgehead atoms. The molecule has 10 heteroatoms. The summed E-state index contributed by atoms with van der Waals surface area (Å²) in [4.78, 5) is 22.0. The molecule has 0 radical (unpaired) electrons. The van der Waals surface area contributed by atoms with Gasteiger partial charge in [0, 0.05) is 35.8 Å². The minimum Gasteiger partial charge on any atom is -0.497 e. The van der Waals surface area contributed by atoms with Crippen molar-refractivity contribution in [3.63, 3.8) is 0 Å². The maximum atomic E-state index is 12.0. The molecular weight excluding hydrogens is 472 g/mol. The van der Waals surface area contributed by atoms with E-state index >= 15 is 0 Å². The summed E-state index contributed by atoms with van der Waals surface area (Å²) in [5.41, 5.74) is 9.91. The van der Waals surface area contributed by atoms with Crippen molar-refractivity contribution in [1.82, 2.24) is 9.97 Å². The molecule has 2 aromatic carbocycles. The van der Waals surface area contributed by atoms with Gasteiger partial charge in [0.15, 0.2) is 0 Å². The zero-order chi connectivity index (χ0) is 25.9. The first-order valence-corrected chi connectivity index (χ1v) is 12.0. The zero-order valence-corrected chi connectivity index (χ0v) is 21.0. The SMILES string of the molecule is COc1ccc(C(N)=O)c(Nc2cncc3[nH]c(Nc4ccc(N5CCOC[C@@H]5C)cc4OC)cc23)c1. The van der Waals surface area contributed by atoms with Crippen LogP contribution in [0.15, 0.2) is 54.9 Å². The number of amides is 1. The molecule has 1 aliphatic heterocycles. The Kier molecular flexibility index (Phi) is 6.74. The predicted molar refractivity (Wildman–Crippen MR) is 145 cm³/mol. The van der Waals surface area contributed by atoms with Gasteiger partial charge >= 0.3 is 0 Å². The number of H-pyrrole nitrogens is 1. The standard InChI is InChI=1S/C27H30N6O4/c1-16-15-37-9-8-33(16)17-4-7-21(25(10-17)36-3)31-26-12-20-23(13-29-14-24(20)32-26)30-22-11-18(35-2)5-6-19(22)27(28)34/h4-7,10-14,16,30-32H,8-9,15H2,1-3H3,(H2,28,34)/t16-/m0/s1. The Morgan fingerprint density at radius 3 is 2.70 bits per heavy atom. The van der Waals surface area contributed by atoms with Gasteiger partial charge in [-0.2, -0.15) is 0 Å². The maximum absolute atomic E-state index is 12.0. The second kappa shape index (κ2) is 10.3. The molecule has 192 valence electrons. The summed E-state index contributed by atoms with van der Waals surface area (Å²) in [6, 6.07) is 13.5. The number of nitrogens with one attached hydrogen (secondary N) is 3. The first kappa shape index (κ1) is 24.3. The Morgan fingerprint density at radius 1 is 1.08 bits per heavy atom. The third kappa shape index (κ3) is 4.96. The van der Waals surface area contributed by atoms with E-state index in [2.05, 4.69) is 38.5 Å². The molecule has 37 heavy (non-hydrogen) atoms. The number of hydrogen-bond acceptors (Lipinski definition) is 8. The third-order valence-electron chi connectivity index (χ3n) is 6.46. The van der Waals surface area contributed by atoms with Crippen LogP contribution >= 0.6 is 0 Å². The first-order chi connectivity index (χ1) is 18.0. The number of primary amides is 1. The lowest BCUT2D eigenvalue weighted by Crippen LogP contribution is -2.43. The smallest absolute Gasteiger partial charge is 0.250 e. The molecule has 0 aliphatic carbocycles. The van der Waals surface area contributed by atoms with Crippen molar-refractivity contribution in [2.24, 2.45) is 5.73 Å². The fourth-order valence-electron chi connectivity index (χ4n) is 4.55. The predicted octanol–water partition coefficient (Wildman–Crippen LogP) is 4.39. The number of anilines is 5. The molecule has 10 nitrogen and oxygen atoms in total. The summed E-state index contributed by atoms with van der Waals surface area (Å²) in [6.45, 7) is 4.41. The molecule has 5 rings (SSSR count). The monoisotopic (exact) mass is 502 g/mol. The van der Waals surface area contributed by atoms with Crippen LogP contribution in [0.5, 0.6) is 11.5 Å². The largest absolute Gasteiger partial charge is 0.497 e. The maximum Gasteiger partial charge on any atom is 0.250 e. The zero-order valence-electron chi connectivity index (χ0n) is 21.0. The normalized spacial score (nSPS) is 15.4. The highest BCUT2D eigenvalue weighted by Crippen LogP contribution is 2.35. The van der Waals surface area contributed by atoms with E-state index in [1.54, 1.807) is 44.8 Å². The number of nitrogens with two attached hydrogens (primary N) is 1. The van der Waals surface area contributed by atoms with Gasteiger partial charge in [0.2, 0.25) is 0 Å². The molecule has 1 amide bonds. The number of aromatic nitrogens is 2. The van der Waals surface area contributed by atoms with Gasteiger partial charge in [0.1, 0.15) is 17.3 Å². The minimum atomic E-state index is -0.538. The lowest BCUT2D eigenvalue weighted by atomic mass is 10.1. The number of nitrogens with zero attached hydrogens (tertiary/aromatic N) is 2. The molecular formula is C27H30N6O4. The molecule has 4 aromatic rings. The van der Waals surface area contributed by atoms with E-state index in [0.717, 1.165) is 40.4 Å². The van der Waals surface area contributed by atoms with Crippen LogP contribution in [0.1, 0.15) is 17.3 Å². The van der Waals surface area contributed by atoms with E-state index in [-0.39, 0.29) is 0 Å². The molecule has 1 saturated heterocycles. The average molecular weight is 503 g/mol. The molecule has 5 N–H and O–H groups in total. The number of rotatable bonds is 8. The summed E-state index contributed by atoms with van der Waals surface area (Å²) in [5, 5.41) is 7.59. The summed E-state index contributed by atoms with van der Waals surface area (Å²) in [5.74, 6) is 1.56. The van der Waals surface area contributed by atoms with Gasteiger partial charge in [-0.1, -0.05) is 0 Å². The summed E-state index contributed by atoms with van der Waals surface area (Å²) in [6.07, 6.45) is 3.44. The molecule has 1 aliphatic rings. The van der Waals surface area contributed by atoms with Crippen molar-refractivity contribution in [3.05, 3.63) is 60.4 Å². The van der Waals surface area contributed by atoms with Crippen LogP contribution in [0.3, 0.4) is 0 Å². The molecule has 0 saturated carbocycles. The quantitative estimate of drug-likeness (QED) is 0.279. The number of fused-ring (bicyclic) bond motifs is 1. The Hall–Kier alpha value is -4.44. The summed E-state index contributed by atoms with van der Waals surface area (Å²) < 4.78 is 16.6. The van der Waals surface area contributed by atoms with E-state index in [0.29, 0.717) is 41.9 Å². The summed E-state index contributed by atoms with van der Waals surface area (Å²) in [7, 11) is 3.23. The van der Waals surface area contributed by atoms with Crippen LogP contribution in [0.25, 0.3) is 10.9 Å². The van der Waals surface area contributed by atoms with Crippen LogP contribution in [0, 0.1) is 0 Å². The number of methoxy groups -OCH3 is 2. The molecule has 1 atom stereocenters. The number of pyridine rings is 1. The van der Waals surface area contributed by atoms with Crippen LogP contribution < -0.4 is 30.7 Å². The minimum absolute atomic E-state index is 0.295. The average Bonchev–Trinajstić information content (AvgIpc) is 3.32. The molecule has 1 fully saturated rings. The fourth-order valence-corrected chi connectivity index (χ4v) is 4.55. The van der Waals surface area contributed by atoms with Crippen molar-refractivity contribution >= 4 is 45.4 Å². The second-order valence-electron chi connectivity index (χ2n) is 8.86. The number of morpholine rings is 1. The van der Waals surface area contributed by atoms with Crippen molar-refractivity contribution in [2.45, 2.75) is 13.0 Å². The number of aromatic amines is 1. The Balaban J connectivity index is 1.43. The fraction of sp³-hybridized carbons (Fsp3) is 0.259. The Morgan fingerprint density at radius 2 is 1.95 bits per heavy atom. The Bertz CT molecular complexity index is 1440. The number of carbonyl (C=O) groups excluding carboxylic acids is 1. The van der Waals surface area contributed by atoms with E-state index in [1.807, 2.05) is 18.2 Å². The first-order valence-electron chi connectivity index (χ1n) is 12.0.